The normalized spacial score (nSPS) is 8.00. The van der Waals surface area contributed by atoms with Crippen molar-refractivity contribution in [2.75, 3.05) is 7.11 Å². The molecule has 0 aliphatic heterocycles. The minimum absolute atomic E-state index is 0.221. The van der Waals surface area contributed by atoms with Crippen LogP contribution in [0.1, 0.15) is 12.1 Å². The van der Waals surface area contributed by atoms with E-state index in [1.807, 2.05) is 12.1 Å². The zero-order valence-corrected chi connectivity index (χ0v) is 7.24. The molecule has 0 aromatic carbocycles. The van der Waals surface area contributed by atoms with Crippen molar-refractivity contribution in [3.8, 4) is 23.8 Å². The number of rotatable bonds is 1. The second-order valence-electron chi connectivity index (χ2n) is 2.20. The number of ether oxygens (including phenoxy) is 1. The lowest BCUT2D eigenvalue weighted by atomic mass is 10.3. The molecule has 0 aliphatic carbocycles. The fraction of sp³-hybridized carbons (Fsp3) is 0.200. The summed E-state index contributed by atoms with van der Waals surface area (Å²) in [6.45, 7) is 0. The molecule has 0 saturated heterocycles. The summed E-state index contributed by atoms with van der Waals surface area (Å²) in [5, 5.41) is 8.25. The summed E-state index contributed by atoms with van der Waals surface area (Å²) in [6, 6.07) is 7.26. The molecule has 3 nitrogen and oxygen atoms in total. The molecule has 0 radical (unpaired) electrons. The molecule has 13 heavy (non-hydrogen) atoms. The predicted octanol–water partition coefficient (Wildman–Crippen LogP) is 1.36. The Labute approximate surface area is 77.0 Å². The SMILES string of the molecule is COc1cccc(C#CCC#N)n1. The number of pyridine rings is 1. The first-order chi connectivity index (χ1) is 6.36. The van der Waals surface area contributed by atoms with Crippen molar-refractivity contribution < 1.29 is 4.74 Å². The molecule has 0 saturated carbocycles. The summed E-state index contributed by atoms with van der Waals surface area (Å²) in [5.41, 5.74) is 0.620. The molecule has 0 atom stereocenters. The summed E-state index contributed by atoms with van der Waals surface area (Å²) in [6.07, 6.45) is 0.221. The number of nitrogens with zero attached hydrogens (tertiary/aromatic N) is 2. The molecule has 0 N–H and O–H groups in total. The Morgan fingerprint density at radius 2 is 2.38 bits per heavy atom. The highest BCUT2D eigenvalue weighted by molar-refractivity contribution is 5.30. The van der Waals surface area contributed by atoms with E-state index < -0.39 is 0 Å². The maximum atomic E-state index is 8.25. The highest BCUT2D eigenvalue weighted by Crippen LogP contribution is 2.04. The summed E-state index contributed by atoms with van der Waals surface area (Å²) in [7, 11) is 1.55. The third-order valence-corrected chi connectivity index (χ3v) is 1.32. The van der Waals surface area contributed by atoms with Crippen molar-refractivity contribution in [1.82, 2.24) is 4.98 Å². The Balaban J connectivity index is 2.80. The second kappa shape index (κ2) is 4.79. The standard InChI is InChI=1S/C10H8N2O/c1-13-10-7-4-6-9(12-10)5-2-3-8-11/h4,6-7H,3H2,1H3. The van der Waals surface area contributed by atoms with Gasteiger partial charge in [0.15, 0.2) is 0 Å². The maximum Gasteiger partial charge on any atom is 0.214 e. The number of methoxy groups -OCH3 is 1. The number of hydrogen-bond acceptors (Lipinski definition) is 3. The Morgan fingerprint density at radius 1 is 1.54 bits per heavy atom. The summed E-state index contributed by atoms with van der Waals surface area (Å²) in [5.74, 6) is 5.96. The van der Waals surface area contributed by atoms with E-state index in [2.05, 4.69) is 16.8 Å². The van der Waals surface area contributed by atoms with Gasteiger partial charge in [0.1, 0.15) is 5.69 Å². The number of hydrogen-bond donors (Lipinski definition) is 0. The average molecular weight is 172 g/mol. The Kier molecular flexibility index (Phi) is 3.35. The van der Waals surface area contributed by atoms with Gasteiger partial charge in [-0.1, -0.05) is 12.0 Å². The van der Waals surface area contributed by atoms with E-state index >= 15 is 0 Å². The molecule has 0 fully saturated rings. The van der Waals surface area contributed by atoms with Gasteiger partial charge in [-0.05, 0) is 12.0 Å². The molecule has 0 amide bonds. The van der Waals surface area contributed by atoms with E-state index in [1.165, 1.54) is 0 Å². The van der Waals surface area contributed by atoms with E-state index in [-0.39, 0.29) is 6.42 Å². The molecule has 0 spiro atoms. The lowest BCUT2D eigenvalue weighted by Gasteiger charge is -1.96. The number of nitriles is 1. The topological polar surface area (TPSA) is 45.9 Å². The van der Waals surface area contributed by atoms with E-state index in [4.69, 9.17) is 10.00 Å². The van der Waals surface area contributed by atoms with Crippen molar-refractivity contribution >= 4 is 0 Å². The van der Waals surface area contributed by atoms with Crippen LogP contribution in [-0.2, 0) is 0 Å². The first-order valence-corrected chi connectivity index (χ1v) is 3.73. The van der Waals surface area contributed by atoms with Crippen molar-refractivity contribution in [2.45, 2.75) is 6.42 Å². The van der Waals surface area contributed by atoms with Crippen LogP contribution in [0.2, 0.25) is 0 Å². The van der Waals surface area contributed by atoms with Crippen LogP contribution in [0, 0.1) is 23.2 Å². The van der Waals surface area contributed by atoms with Crippen molar-refractivity contribution in [1.29, 1.82) is 5.26 Å². The van der Waals surface area contributed by atoms with Gasteiger partial charge >= 0.3 is 0 Å². The van der Waals surface area contributed by atoms with Gasteiger partial charge in [0.05, 0.1) is 19.6 Å². The molecule has 1 aromatic heterocycles. The van der Waals surface area contributed by atoms with Gasteiger partial charge in [-0.15, -0.1) is 0 Å². The highest BCUT2D eigenvalue weighted by atomic mass is 16.5. The Bertz CT molecular complexity index is 382. The minimum Gasteiger partial charge on any atom is -0.481 e. The van der Waals surface area contributed by atoms with E-state index in [0.29, 0.717) is 11.6 Å². The largest absolute Gasteiger partial charge is 0.481 e. The van der Waals surface area contributed by atoms with Crippen LogP contribution in [-0.4, -0.2) is 12.1 Å². The zero-order chi connectivity index (χ0) is 9.52. The highest BCUT2D eigenvalue weighted by Gasteiger charge is 1.91. The van der Waals surface area contributed by atoms with Crippen molar-refractivity contribution in [2.24, 2.45) is 0 Å². The first-order valence-electron chi connectivity index (χ1n) is 3.73. The van der Waals surface area contributed by atoms with Crippen molar-refractivity contribution in [3.63, 3.8) is 0 Å². The van der Waals surface area contributed by atoms with Gasteiger partial charge < -0.3 is 4.74 Å². The molecule has 0 aliphatic rings. The van der Waals surface area contributed by atoms with Gasteiger partial charge in [-0.2, -0.15) is 5.26 Å². The van der Waals surface area contributed by atoms with Gasteiger partial charge in [0.25, 0.3) is 0 Å². The molecule has 64 valence electrons. The monoisotopic (exact) mass is 172 g/mol. The summed E-state index contributed by atoms with van der Waals surface area (Å²) < 4.78 is 4.92. The fourth-order valence-corrected chi connectivity index (χ4v) is 0.772. The molecule has 1 aromatic rings. The molecular weight excluding hydrogens is 164 g/mol. The third-order valence-electron chi connectivity index (χ3n) is 1.32. The molecule has 0 bridgehead atoms. The first kappa shape index (κ1) is 9.09. The zero-order valence-electron chi connectivity index (χ0n) is 7.24. The lowest BCUT2D eigenvalue weighted by molar-refractivity contribution is 0.397. The van der Waals surface area contributed by atoms with Gasteiger partial charge in [0.2, 0.25) is 5.88 Å². The molecule has 0 unspecified atom stereocenters. The molecule has 1 rings (SSSR count). The van der Waals surface area contributed by atoms with Crippen LogP contribution in [0.25, 0.3) is 0 Å². The van der Waals surface area contributed by atoms with E-state index in [9.17, 15) is 0 Å². The van der Waals surface area contributed by atoms with Crippen LogP contribution in [0.3, 0.4) is 0 Å². The van der Waals surface area contributed by atoms with Crippen LogP contribution < -0.4 is 4.74 Å². The van der Waals surface area contributed by atoms with Crippen LogP contribution >= 0.6 is 0 Å². The predicted molar refractivity (Wildman–Crippen MR) is 47.9 cm³/mol. The van der Waals surface area contributed by atoms with Gasteiger partial charge in [-0.25, -0.2) is 4.98 Å². The van der Waals surface area contributed by atoms with Crippen molar-refractivity contribution in [3.05, 3.63) is 23.9 Å². The lowest BCUT2D eigenvalue weighted by Crippen LogP contribution is -1.88. The van der Waals surface area contributed by atoms with Crippen LogP contribution in [0.15, 0.2) is 18.2 Å². The minimum atomic E-state index is 0.221. The average Bonchev–Trinajstić information content (AvgIpc) is 2.19. The second-order valence-corrected chi connectivity index (χ2v) is 2.20. The van der Waals surface area contributed by atoms with Gasteiger partial charge in [0, 0.05) is 6.07 Å². The summed E-state index contributed by atoms with van der Waals surface area (Å²) in [4.78, 5) is 4.06. The summed E-state index contributed by atoms with van der Waals surface area (Å²) >= 11 is 0. The Morgan fingerprint density at radius 3 is 3.08 bits per heavy atom. The molecular formula is C10H8N2O. The quantitative estimate of drug-likeness (QED) is 0.601. The van der Waals surface area contributed by atoms with Crippen LogP contribution in [0.5, 0.6) is 5.88 Å². The van der Waals surface area contributed by atoms with Crippen LogP contribution in [0.4, 0.5) is 0 Å². The van der Waals surface area contributed by atoms with Gasteiger partial charge in [-0.3, -0.25) is 0 Å². The fourth-order valence-electron chi connectivity index (χ4n) is 0.772. The van der Waals surface area contributed by atoms with E-state index in [0.717, 1.165) is 0 Å². The third kappa shape index (κ3) is 2.84. The van der Waals surface area contributed by atoms with E-state index in [1.54, 1.807) is 19.2 Å². The Hall–Kier alpha value is -2.00. The smallest absolute Gasteiger partial charge is 0.214 e. The maximum absolute atomic E-state index is 8.25. The molecule has 3 heteroatoms. The number of aromatic nitrogens is 1. The molecule has 1 heterocycles.